The van der Waals surface area contributed by atoms with Crippen molar-refractivity contribution in [2.24, 2.45) is 0 Å². The third-order valence-corrected chi connectivity index (χ3v) is 5.52. The SMILES string of the molecule is COc1ccc(Cl)cc1S(=O)(=O)N[C@@H](C)C(=O)NCc1ccc(C)cc1. The second-order valence-electron chi connectivity index (χ2n) is 5.84. The topological polar surface area (TPSA) is 84.5 Å². The summed E-state index contributed by atoms with van der Waals surface area (Å²) < 4.78 is 32.5. The molecule has 0 aromatic heterocycles. The van der Waals surface area contributed by atoms with Gasteiger partial charge < -0.3 is 10.1 Å². The molecule has 1 amide bonds. The highest BCUT2D eigenvalue weighted by molar-refractivity contribution is 7.89. The highest BCUT2D eigenvalue weighted by Crippen LogP contribution is 2.27. The third kappa shape index (κ3) is 5.20. The van der Waals surface area contributed by atoms with Gasteiger partial charge in [0.1, 0.15) is 10.6 Å². The number of amides is 1. The Morgan fingerprint density at radius 1 is 1.19 bits per heavy atom. The lowest BCUT2D eigenvalue weighted by atomic mass is 10.1. The second kappa shape index (κ2) is 8.53. The molecular weight excluding hydrogens is 376 g/mol. The maximum absolute atomic E-state index is 12.6. The van der Waals surface area contributed by atoms with Gasteiger partial charge in [0.05, 0.1) is 13.2 Å². The first kappa shape index (κ1) is 20.2. The number of benzene rings is 2. The largest absolute Gasteiger partial charge is 0.495 e. The molecule has 0 heterocycles. The van der Waals surface area contributed by atoms with E-state index >= 15 is 0 Å². The highest BCUT2D eigenvalue weighted by Gasteiger charge is 2.25. The zero-order chi connectivity index (χ0) is 19.3. The van der Waals surface area contributed by atoms with Crippen LogP contribution in [-0.4, -0.2) is 27.5 Å². The summed E-state index contributed by atoms with van der Waals surface area (Å²) in [5, 5.41) is 2.96. The zero-order valence-corrected chi connectivity index (χ0v) is 16.3. The van der Waals surface area contributed by atoms with Gasteiger partial charge in [-0.15, -0.1) is 0 Å². The molecule has 0 spiro atoms. The van der Waals surface area contributed by atoms with Gasteiger partial charge in [-0.1, -0.05) is 41.4 Å². The number of aryl methyl sites for hydroxylation is 1. The van der Waals surface area contributed by atoms with Gasteiger partial charge in [-0.05, 0) is 37.6 Å². The Morgan fingerprint density at radius 3 is 2.46 bits per heavy atom. The number of carbonyl (C=O) groups is 1. The van der Waals surface area contributed by atoms with Gasteiger partial charge in [0.2, 0.25) is 15.9 Å². The predicted octanol–water partition coefficient (Wildman–Crippen LogP) is 2.64. The number of nitrogens with one attached hydrogen (secondary N) is 2. The van der Waals surface area contributed by atoms with Gasteiger partial charge >= 0.3 is 0 Å². The highest BCUT2D eigenvalue weighted by atomic mass is 35.5. The van der Waals surface area contributed by atoms with Crippen molar-refractivity contribution in [3.05, 3.63) is 58.6 Å². The van der Waals surface area contributed by atoms with Crippen LogP contribution in [0.3, 0.4) is 0 Å². The molecule has 2 rings (SSSR count). The standard InChI is InChI=1S/C18H21ClN2O4S/c1-12-4-6-14(7-5-12)11-20-18(22)13(2)21-26(23,24)17-10-15(19)8-9-16(17)25-3/h4-10,13,21H,11H2,1-3H3,(H,20,22)/t13-/m0/s1. The van der Waals surface area contributed by atoms with Crippen LogP contribution < -0.4 is 14.8 Å². The van der Waals surface area contributed by atoms with Gasteiger partial charge in [0.15, 0.2) is 0 Å². The van der Waals surface area contributed by atoms with E-state index < -0.39 is 22.0 Å². The minimum absolute atomic E-state index is 0.120. The number of sulfonamides is 1. The van der Waals surface area contributed by atoms with Gasteiger partial charge in [-0.3, -0.25) is 4.79 Å². The van der Waals surface area contributed by atoms with Gasteiger partial charge in [0, 0.05) is 11.6 Å². The van der Waals surface area contributed by atoms with E-state index in [-0.39, 0.29) is 15.7 Å². The lowest BCUT2D eigenvalue weighted by molar-refractivity contribution is -0.122. The predicted molar refractivity (Wildman–Crippen MR) is 101 cm³/mol. The number of hydrogen-bond donors (Lipinski definition) is 2. The van der Waals surface area contributed by atoms with Gasteiger partial charge in [-0.2, -0.15) is 4.72 Å². The molecule has 2 N–H and O–H groups in total. The Morgan fingerprint density at radius 2 is 1.85 bits per heavy atom. The van der Waals surface area contributed by atoms with E-state index in [4.69, 9.17) is 16.3 Å². The van der Waals surface area contributed by atoms with Gasteiger partial charge in [0.25, 0.3) is 0 Å². The van der Waals surface area contributed by atoms with E-state index in [1.54, 1.807) is 0 Å². The van der Waals surface area contributed by atoms with E-state index in [1.807, 2.05) is 31.2 Å². The summed E-state index contributed by atoms with van der Waals surface area (Å²) in [7, 11) is -2.62. The molecule has 26 heavy (non-hydrogen) atoms. The van der Waals surface area contributed by atoms with Crippen LogP contribution in [0.15, 0.2) is 47.4 Å². The number of rotatable bonds is 7. The molecule has 0 fully saturated rings. The monoisotopic (exact) mass is 396 g/mol. The maximum atomic E-state index is 12.6. The van der Waals surface area contributed by atoms with Crippen LogP contribution >= 0.6 is 11.6 Å². The molecule has 8 heteroatoms. The minimum Gasteiger partial charge on any atom is -0.495 e. The van der Waals surface area contributed by atoms with Crippen molar-refractivity contribution in [3.63, 3.8) is 0 Å². The fraction of sp³-hybridized carbons (Fsp3) is 0.278. The molecule has 2 aromatic rings. The zero-order valence-electron chi connectivity index (χ0n) is 14.7. The van der Waals surface area contributed by atoms with Crippen molar-refractivity contribution in [3.8, 4) is 5.75 Å². The summed E-state index contributed by atoms with van der Waals surface area (Å²) in [5.74, 6) is -0.288. The summed E-state index contributed by atoms with van der Waals surface area (Å²) in [6.07, 6.45) is 0. The molecule has 6 nitrogen and oxygen atoms in total. The molecule has 0 saturated carbocycles. The van der Waals surface area contributed by atoms with Crippen LogP contribution in [0.25, 0.3) is 0 Å². The van der Waals surface area contributed by atoms with Crippen LogP contribution in [-0.2, 0) is 21.4 Å². The Bertz CT molecular complexity index is 883. The minimum atomic E-state index is -3.98. The fourth-order valence-corrected chi connectivity index (χ4v) is 3.89. The molecule has 0 aliphatic heterocycles. The van der Waals surface area contributed by atoms with Crippen molar-refractivity contribution in [1.29, 1.82) is 0 Å². The summed E-state index contributed by atoms with van der Waals surface area (Å²) in [5.41, 5.74) is 2.05. The summed E-state index contributed by atoms with van der Waals surface area (Å²) in [6.45, 7) is 3.76. The van der Waals surface area contributed by atoms with Crippen molar-refractivity contribution in [2.45, 2.75) is 31.3 Å². The van der Waals surface area contributed by atoms with E-state index in [9.17, 15) is 13.2 Å². The first-order valence-electron chi connectivity index (χ1n) is 7.92. The molecular formula is C18H21ClN2O4S. The Labute approximate surface area is 158 Å². The van der Waals surface area contributed by atoms with Crippen LogP contribution in [0.1, 0.15) is 18.1 Å². The molecule has 0 aliphatic rings. The molecule has 0 saturated heterocycles. The average molecular weight is 397 g/mol. The molecule has 0 radical (unpaired) electrons. The Balaban J connectivity index is 2.05. The smallest absolute Gasteiger partial charge is 0.245 e. The van der Waals surface area contributed by atoms with Crippen molar-refractivity contribution in [2.75, 3.05) is 7.11 Å². The summed E-state index contributed by atoms with van der Waals surface area (Å²) in [6, 6.07) is 11.0. The van der Waals surface area contributed by atoms with E-state index in [1.165, 1.54) is 32.2 Å². The number of hydrogen-bond acceptors (Lipinski definition) is 4. The molecule has 2 aromatic carbocycles. The summed E-state index contributed by atoms with van der Waals surface area (Å²) >= 11 is 5.88. The lowest BCUT2D eigenvalue weighted by Gasteiger charge is -2.16. The third-order valence-electron chi connectivity index (χ3n) is 3.73. The van der Waals surface area contributed by atoms with Crippen molar-refractivity contribution >= 4 is 27.5 Å². The maximum Gasteiger partial charge on any atom is 0.245 e. The number of carbonyl (C=O) groups excluding carboxylic acids is 1. The number of methoxy groups -OCH3 is 1. The van der Waals surface area contributed by atoms with Crippen molar-refractivity contribution in [1.82, 2.24) is 10.0 Å². The van der Waals surface area contributed by atoms with Crippen LogP contribution in [0.4, 0.5) is 0 Å². The molecule has 1 atom stereocenters. The fourth-order valence-electron chi connectivity index (χ4n) is 2.26. The Kier molecular flexibility index (Phi) is 6.63. The normalized spacial score (nSPS) is 12.5. The van der Waals surface area contributed by atoms with E-state index in [2.05, 4.69) is 10.0 Å². The number of halogens is 1. The van der Waals surface area contributed by atoms with Crippen LogP contribution in [0.5, 0.6) is 5.75 Å². The first-order valence-corrected chi connectivity index (χ1v) is 9.78. The molecule has 140 valence electrons. The van der Waals surface area contributed by atoms with Crippen LogP contribution in [0, 0.1) is 6.92 Å². The molecule has 0 bridgehead atoms. The molecule has 0 aliphatic carbocycles. The quantitative estimate of drug-likeness (QED) is 0.753. The second-order valence-corrected chi connectivity index (χ2v) is 7.96. The first-order chi connectivity index (χ1) is 12.2. The number of ether oxygens (including phenoxy) is 1. The Hall–Kier alpha value is -2.09. The van der Waals surface area contributed by atoms with E-state index in [0.29, 0.717) is 6.54 Å². The van der Waals surface area contributed by atoms with Crippen LogP contribution in [0.2, 0.25) is 5.02 Å². The lowest BCUT2D eigenvalue weighted by Crippen LogP contribution is -2.44. The summed E-state index contributed by atoms with van der Waals surface area (Å²) in [4.78, 5) is 12.1. The van der Waals surface area contributed by atoms with E-state index in [0.717, 1.165) is 11.1 Å². The van der Waals surface area contributed by atoms with Gasteiger partial charge in [-0.25, -0.2) is 8.42 Å². The van der Waals surface area contributed by atoms with Crippen molar-refractivity contribution < 1.29 is 17.9 Å². The average Bonchev–Trinajstić information content (AvgIpc) is 2.60. The molecule has 0 unspecified atom stereocenters.